The van der Waals surface area contributed by atoms with Gasteiger partial charge < -0.3 is 0 Å². The van der Waals surface area contributed by atoms with E-state index < -0.39 is 0 Å². The lowest BCUT2D eigenvalue weighted by Crippen LogP contribution is -2.28. The molecule has 0 N–H and O–H groups in total. The van der Waals surface area contributed by atoms with Crippen LogP contribution >= 0.6 is 24.0 Å². The number of hydrogen-bond donors (Lipinski definition) is 0. The molecule has 1 aromatic rings. The van der Waals surface area contributed by atoms with Crippen LogP contribution in [-0.2, 0) is 10.2 Å². The van der Waals surface area contributed by atoms with Crippen LogP contribution in [0.25, 0.3) is 6.08 Å². The first kappa shape index (κ1) is 18.2. The Kier molecular flexibility index (Phi) is 6.04. The van der Waals surface area contributed by atoms with Crippen molar-refractivity contribution in [3.05, 3.63) is 40.3 Å². The molecule has 0 bridgehead atoms. The molecule has 23 heavy (non-hydrogen) atoms. The summed E-state index contributed by atoms with van der Waals surface area (Å²) in [6.07, 6.45) is 5.23. The van der Waals surface area contributed by atoms with E-state index in [-0.39, 0.29) is 11.3 Å². The topological polar surface area (TPSA) is 20.3 Å². The predicted octanol–water partition coefficient (Wildman–Crippen LogP) is 5.38. The fourth-order valence-electron chi connectivity index (χ4n) is 2.44. The van der Waals surface area contributed by atoms with E-state index in [4.69, 9.17) is 12.2 Å². The highest BCUT2D eigenvalue weighted by molar-refractivity contribution is 8.26. The van der Waals surface area contributed by atoms with Gasteiger partial charge in [0.15, 0.2) is 0 Å². The number of thiocarbonyl (C=S) groups is 1. The van der Waals surface area contributed by atoms with Crippen molar-refractivity contribution in [2.75, 3.05) is 6.54 Å². The van der Waals surface area contributed by atoms with E-state index in [9.17, 15) is 4.79 Å². The number of nitrogens with zero attached hydrogens (tertiary/aromatic N) is 1. The summed E-state index contributed by atoms with van der Waals surface area (Å²) >= 11 is 6.77. The Balaban J connectivity index is 2.11. The fraction of sp³-hybridized carbons (Fsp3) is 0.474. The number of carbonyl (C=O) groups excluding carboxylic acids is 1. The second-order valence-corrected chi connectivity index (χ2v) is 8.59. The zero-order valence-electron chi connectivity index (χ0n) is 14.4. The van der Waals surface area contributed by atoms with Crippen LogP contribution in [0.1, 0.15) is 58.1 Å². The van der Waals surface area contributed by atoms with Gasteiger partial charge in [0.25, 0.3) is 5.91 Å². The largest absolute Gasteiger partial charge is 0.293 e. The number of hydrogen-bond acceptors (Lipinski definition) is 3. The molecule has 124 valence electrons. The quantitative estimate of drug-likeness (QED) is 0.405. The van der Waals surface area contributed by atoms with Crippen molar-refractivity contribution >= 4 is 40.3 Å². The summed E-state index contributed by atoms with van der Waals surface area (Å²) in [6, 6.07) is 8.41. The summed E-state index contributed by atoms with van der Waals surface area (Å²) in [4.78, 5) is 15.0. The molecule has 0 unspecified atom stereocenters. The van der Waals surface area contributed by atoms with Crippen LogP contribution in [0, 0.1) is 0 Å². The van der Waals surface area contributed by atoms with Gasteiger partial charge in [0.1, 0.15) is 4.32 Å². The number of rotatable bonds is 5. The van der Waals surface area contributed by atoms with Crippen molar-refractivity contribution in [3.63, 3.8) is 0 Å². The number of thioether (sulfide) groups is 1. The van der Waals surface area contributed by atoms with Gasteiger partial charge in [0.05, 0.1) is 4.91 Å². The third-order valence-electron chi connectivity index (χ3n) is 3.93. The second kappa shape index (κ2) is 7.63. The predicted molar refractivity (Wildman–Crippen MR) is 105 cm³/mol. The molecule has 0 atom stereocenters. The van der Waals surface area contributed by atoms with Gasteiger partial charge in [0.2, 0.25) is 0 Å². The normalized spacial score (nSPS) is 17.4. The molecule has 1 aliphatic rings. The van der Waals surface area contributed by atoms with Gasteiger partial charge in [-0.25, -0.2) is 0 Å². The Bertz CT molecular complexity index is 611. The van der Waals surface area contributed by atoms with Crippen molar-refractivity contribution in [2.24, 2.45) is 0 Å². The highest BCUT2D eigenvalue weighted by atomic mass is 32.2. The standard InChI is InChI=1S/C19H25NOS2/c1-5-6-7-12-20-17(21)16(23-18(20)22)13-14-8-10-15(11-9-14)19(2,3)4/h8-11,13H,5-7,12H2,1-4H3/b16-13-. The molecule has 0 aromatic heterocycles. The number of carbonyl (C=O) groups is 1. The molecule has 0 aliphatic carbocycles. The van der Waals surface area contributed by atoms with Crippen molar-refractivity contribution in [1.29, 1.82) is 0 Å². The summed E-state index contributed by atoms with van der Waals surface area (Å²) in [5.41, 5.74) is 2.48. The zero-order valence-corrected chi connectivity index (χ0v) is 16.0. The molecule has 0 saturated carbocycles. The average molecular weight is 348 g/mol. The maximum Gasteiger partial charge on any atom is 0.266 e. The van der Waals surface area contributed by atoms with Gasteiger partial charge in [0, 0.05) is 6.54 Å². The van der Waals surface area contributed by atoms with Crippen molar-refractivity contribution in [2.45, 2.75) is 52.4 Å². The van der Waals surface area contributed by atoms with Gasteiger partial charge in [-0.3, -0.25) is 9.69 Å². The molecule has 1 saturated heterocycles. The lowest BCUT2D eigenvalue weighted by molar-refractivity contribution is -0.122. The van der Waals surface area contributed by atoms with Crippen LogP contribution in [0.4, 0.5) is 0 Å². The van der Waals surface area contributed by atoms with Gasteiger partial charge in [-0.15, -0.1) is 0 Å². The van der Waals surface area contributed by atoms with Crippen molar-refractivity contribution in [1.82, 2.24) is 4.90 Å². The minimum atomic E-state index is 0.0519. The van der Waals surface area contributed by atoms with Crippen LogP contribution in [0.15, 0.2) is 29.2 Å². The Morgan fingerprint density at radius 2 is 1.83 bits per heavy atom. The first-order chi connectivity index (χ1) is 10.8. The highest BCUT2D eigenvalue weighted by Gasteiger charge is 2.31. The smallest absolute Gasteiger partial charge is 0.266 e. The number of benzene rings is 1. The molecule has 2 rings (SSSR count). The van der Waals surface area contributed by atoms with Crippen LogP contribution in [0.5, 0.6) is 0 Å². The molecule has 0 radical (unpaired) electrons. The lowest BCUT2D eigenvalue weighted by Gasteiger charge is -2.18. The van der Waals surface area contributed by atoms with E-state index in [1.54, 1.807) is 4.90 Å². The molecular formula is C19H25NOS2. The SMILES string of the molecule is CCCCCN1C(=O)/C(=C/c2ccc(C(C)(C)C)cc2)SC1=S. The van der Waals surface area contributed by atoms with Gasteiger partial charge in [-0.2, -0.15) is 0 Å². The first-order valence-electron chi connectivity index (χ1n) is 8.19. The third kappa shape index (κ3) is 4.67. The molecule has 4 heteroatoms. The van der Waals surface area contributed by atoms with Gasteiger partial charge >= 0.3 is 0 Å². The third-order valence-corrected chi connectivity index (χ3v) is 5.31. The molecule has 2 nitrogen and oxygen atoms in total. The maximum absolute atomic E-state index is 12.5. The maximum atomic E-state index is 12.5. The summed E-state index contributed by atoms with van der Waals surface area (Å²) in [5, 5.41) is 0. The molecule has 0 spiro atoms. The number of amides is 1. The molecule has 1 fully saturated rings. The van der Waals surface area contributed by atoms with Gasteiger partial charge in [-0.05, 0) is 29.0 Å². The van der Waals surface area contributed by atoms with Crippen LogP contribution < -0.4 is 0 Å². The van der Waals surface area contributed by atoms with Crippen molar-refractivity contribution in [3.8, 4) is 0 Å². The average Bonchev–Trinajstić information content (AvgIpc) is 2.74. The van der Waals surface area contributed by atoms with Gasteiger partial charge in [-0.1, -0.05) is 88.8 Å². The zero-order chi connectivity index (χ0) is 17.0. The van der Waals surface area contributed by atoms with E-state index >= 15 is 0 Å². The van der Waals surface area contributed by atoms with E-state index in [2.05, 4.69) is 52.0 Å². The van der Waals surface area contributed by atoms with E-state index in [0.29, 0.717) is 4.32 Å². The van der Waals surface area contributed by atoms with E-state index in [0.717, 1.165) is 36.3 Å². The minimum absolute atomic E-state index is 0.0519. The Morgan fingerprint density at radius 3 is 2.39 bits per heavy atom. The molecule has 1 heterocycles. The van der Waals surface area contributed by atoms with Crippen LogP contribution in [-0.4, -0.2) is 21.7 Å². The first-order valence-corrected chi connectivity index (χ1v) is 9.41. The Hall–Kier alpha value is -1.13. The van der Waals surface area contributed by atoms with Crippen LogP contribution in [0.3, 0.4) is 0 Å². The van der Waals surface area contributed by atoms with E-state index in [1.807, 2.05) is 6.08 Å². The van der Waals surface area contributed by atoms with E-state index in [1.165, 1.54) is 17.3 Å². The molecule has 1 amide bonds. The summed E-state index contributed by atoms with van der Waals surface area (Å²) < 4.78 is 0.684. The number of unbranched alkanes of at least 4 members (excludes halogenated alkanes) is 2. The molecule has 1 aliphatic heterocycles. The summed E-state index contributed by atoms with van der Waals surface area (Å²) in [5.74, 6) is 0.0519. The van der Waals surface area contributed by atoms with Crippen LogP contribution in [0.2, 0.25) is 0 Å². The Labute approximate surface area is 149 Å². The Morgan fingerprint density at radius 1 is 1.17 bits per heavy atom. The molecular weight excluding hydrogens is 322 g/mol. The monoisotopic (exact) mass is 347 g/mol. The second-order valence-electron chi connectivity index (χ2n) is 6.91. The minimum Gasteiger partial charge on any atom is -0.293 e. The highest BCUT2D eigenvalue weighted by Crippen LogP contribution is 2.33. The summed E-state index contributed by atoms with van der Waals surface area (Å²) in [7, 11) is 0. The lowest BCUT2D eigenvalue weighted by atomic mass is 9.87. The van der Waals surface area contributed by atoms with Crippen molar-refractivity contribution < 1.29 is 4.79 Å². The summed E-state index contributed by atoms with van der Waals surface area (Å²) in [6.45, 7) is 9.49. The molecule has 1 aromatic carbocycles. The fourth-order valence-corrected chi connectivity index (χ4v) is 3.75.